The van der Waals surface area contributed by atoms with Gasteiger partial charge in [0.15, 0.2) is 9.84 Å². The van der Waals surface area contributed by atoms with E-state index < -0.39 is 15.9 Å². The van der Waals surface area contributed by atoms with Gasteiger partial charge in [0.05, 0.1) is 34.4 Å². The number of benzene rings is 1. The molecule has 0 bridgehead atoms. The maximum atomic E-state index is 13.3. The first-order chi connectivity index (χ1) is 12.9. The average molecular weight is 444 g/mol. The van der Waals surface area contributed by atoms with E-state index in [1.54, 1.807) is 29.2 Å². The number of hydrogen-bond donors (Lipinski definition) is 0. The molecule has 1 fully saturated rings. The highest BCUT2D eigenvalue weighted by atomic mass is 35.5. The lowest BCUT2D eigenvalue weighted by atomic mass is 10.2. The van der Waals surface area contributed by atoms with Gasteiger partial charge in [0, 0.05) is 16.1 Å². The van der Waals surface area contributed by atoms with Crippen LogP contribution < -0.4 is 0 Å². The third kappa shape index (κ3) is 3.61. The van der Waals surface area contributed by atoms with Crippen LogP contribution in [0.1, 0.15) is 21.9 Å². The van der Waals surface area contributed by atoms with Crippen LogP contribution in [0.3, 0.4) is 0 Å². The largest absolute Gasteiger partial charge is 0.467 e. The quantitative estimate of drug-likeness (QED) is 0.589. The van der Waals surface area contributed by atoms with Crippen LogP contribution >= 0.6 is 34.5 Å². The first-order valence-electron chi connectivity index (χ1n) is 8.26. The summed E-state index contributed by atoms with van der Waals surface area (Å²) >= 11 is 14.0. The highest BCUT2D eigenvalue weighted by Crippen LogP contribution is 2.40. The van der Waals surface area contributed by atoms with Gasteiger partial charge in [-0.3, -0.25) is 4.79 Å². The first kappa shape index (κ1) is 18.8. The van der Waals surface area contributed by atoms with Crippen LogP contribution in [0.5, 0.6) is 0 Å². The second-order valence-electron chi connectivity index (χ2n) is 6.43. The monoisotopic (exact) mass is 443 g/mol. The molecule has 0 radical (unpaired) electrons. The number of hydrogen-bond acceptors (Lipinski definition) is 5. The predicted octanol–water partition coefficient (Wildman–Crippen LogP) is 4.63. The van der Waals surface area contributed by atoms with Gasteiger partial charge >= 0.3 is 0 Å². The second kappa shape index (κ2) is 7.13. The van der Waals surface area contributed by atoms with Crippen LogP contribution in [0.4, 0.5) is 0 Å². The van der Waals surface area contributed by atoms with E-state index in [9.17, 15) is 13.2 Å². The van der Waals surface area contributed by atoms with Crippen molar-refractivity contribution in [3.63, 3.8) is 0 Å². The van der Waals surface area contributed by atoms with Gasteiger partial charge in [0.25, 0.3) is 5.91 Å². The SMILES string of the molecule is O=C(c1sc2cccc(Cl)c2c1Cl)N(Cc1ccco1)[C@H]1CCS(=O)(=O)C1. The molecule has 1 aromatic carbocycles. The molecule has 9 heteroatoms. The van der Waals surface area contributed by atoms with Crippen molar-refractivity contribution in [3.05, 3.63) is 57.3 Å². The maximum Gasteiger partial charge on any atom is 0.266 e. The number of nitrogens with zero attached hydrogens (tertiary/aromatic N) is 1. The molecular formula is C18H15Cl2NO4S2. The van der Waals surface area contributed by atoms with Crippen LogP contribution in [0.15, 0.2) is 41.0 Å². The van der Waals surface area contributed by atoms with E-state index >= 15 is 0 Å². The Kier molecular flexibility index (Phi) is 4.96. The molecule has 3 aromatic rings. The molecule has 1 atom stereocenters. The summed E-state index contributed by atoms with van der Waals surface area (Å²) in [4.78, 5) is 15.2. The molecule has 0 aliphatic carbocycles. The molecule has 0 saturated carbocycles. The van der Waals surface area contributed by atoms with Crippen molar-refractivity contribution < 1.29 is 17.6 Å². The Morgan fingerprint density at radius 3 is 2.70 bits per heavy atom. The zero-order valence-electron chi connectivity index (χ0n) is 14.0. The molecule has 1 amide bonds. The molecule has 4 rings (SSSR count). The molecule has 142 valence electrons. The highest BCUT2D eigenvalue weighted by molar-refractivity contribution is 7.91. The lowest BCUT2D eigenvalue weighted by Gasteiger charge is -2.27. The molecule has 27 heavy (non-hydrogen) atoms. The van der Waals surface area contributed by atoms with Crippen molar-refractivity contribution in [2.24, 2.45) is 0 Å². The van der Waals surface area contributed by atoms with Gasteiger partial charge in [-0.1, -0.05) is 29.3 Å². The van der Waals surface area contributed by atoms with E-state index in [0.29, 0.717) is 32.5 Å². The van der Waals surface area contributed by atoms with Crippen molar-refractivity contribution in [3.8, 4) is 0 Å². The van der Waals surface area contributed by atoms with E-state index in [1.165, 1.54) is 17.6 Å². The van der Waals surface area contributed by atoms with E-state index in [2.05, 4.69) is 0 Å². The number of carbonyl (C=O) groups is 1. The third-order valence-electron chi connectivity index (χ3n) is 4.62. The minimum Gasteiger partial charge on any atom is -0.467 e. The normalized spacial score (nSPS) is 18.8. The minimum absolute atomic E-state index is 0.0529. The number of furan rings is 1. The Labute approximate surface area is 170 Å². The summed E-state index contributed by atoms with van der Waals surface area (Å²) in [7, 11) is -3.15. The topological polar surface area (TPSA) is 67.6 Å². The number of carbonyl (C=O) groups excluding carboxylic acids is 1. The molecule has 0 N–H and O–H groups in total. The number of thiophene rings is 1. The van der Waals surface area contributed by atoms with Crippen molar-refractivity contribution in [2.75, 3.05) is 11.5 Å². The molecule has 1 aliphatic rings. The first-order valence-corrected chi connectivity index (χ1v) is 11.7. The van der Waals surface area contributed by atoms with Gasteiger partial charge in [0.1, 0.15) is 10.6 Å². The lowest BCUT2D eigenvalue weighted by molar-refractivity contribution is 0.0671. The number of halogens is 2. The molecule has 0 spiro atoms. The van der Waals surface area contributed by atoms with Gasteiger partial charge in [0.2, 0.25) is 0 Å². The van der Waals surface area contributed by atoms with E-state index in [1.807, 2.05) is 6.07 Å². The number of rotatable bonds is 4. The van der Waals surface area contributed by atoms with E-state index in [0.717, 1.165) is 4.70 Å². The van der Waals surface area contributed by atoms with Crippen molar-refractivity contribution in [1.82, 2.24) is 4.90 Å². The summed E-state index contributed by atoms with van der Waals surface area (Å²) in [5.74, 6) is 0.299. The van der Waals surface area contributed by atoms with Gasteiger partial charge in [-0.05, 0) is 30.7 Å². The van der Waals surface area contributed by atoms with Crippen molar-refractivity contribution in [1.29, 1.82) is 0 Å². The summed E-state index contributed by atoms with van der Waals surface area (Å²) in [6.07, 6.45) is 1.92. The molecule has 1 aliphatic heterocycles. The number of sulfone groups is 1. The van der Waals surface area contributed by atoms with Gasteiger partial charge in [-0.2, -0.15) is 0 Å². The molecule has 2 aromatic heterocycles. The molecule has 0 unspecified atom stereocenters. The Hall–Kier alpha value is -1.54. The maximum absolute atomic E-state index is 13.3. The fourth-order valence-corrected chi connectivity index (χ4v) is 6.93. The predicted molar refractivity (Wildman–Crippen MR) is 107 cm³/mol. The Morgan fingerprint density at radius 1 is 1.26 bits per heavy atom. The van der Waals surface area contributed by atoms with Crippen LogP contribution in [0.2, 0.25) is 10.0 Å². The summed E-state index contributed by atoms with van der Waals surface area (Å²) in [6, 6.07) is 8.45. The number of fused-ring (bicyclic) bond motifs is 1. The fraction of sp³-hybridized carbons (Fsp3) is 0.278. The van der Waals surface area contributed by atoms with Crippen LogP contribution in [0, 0.1) is 0 Å². The van der Waals surface area contributed by atoms with Crippen LogP contribution in [-0.4, -0.2) is 36.8 Å². The van der Waals surface area contributed by atoms with Crippen molar-refractivity contribution in [2.45, 2.75) is 19.0 Å². The standard InChI is InChI=1S/C18H15Cl2NO4S2/c19-13-4-1-5-14-15(13)16(20)17(26-14)18(22)21(9-12-3-2-7-25-12)11-6-8-27(23,24)10-11/h1-5,7,11H,6,8-10H2/t11-/m0/s1. The zero-order valence-corrected chi connectivity index (χ0v) is 17.2. The number of amides is 1. The molecule has 3 heterocycles. The smallest absolute Gasteiger partial charge is 0.266 e. The molecule has 5 nitrogen and oxygen atoms in total. The second-order valence-corrected chi connectivity index (χ2v) is 10.5. The summed E-state index contributed by atoms with van der Waals surface area (Å²) in [5.41, 5.74) is 0. The van der Waals surface area contributed by atoms with E-state index in [-0.39, 0.29) is 24.0 Å². The average Bonchev–Trinajstić information content (AvgIpc) is 3.32. The van der Waals surface area contributed by atoms with Crippen molar-refractivity contribution >= 4 is 60.4 Å². The molecular weight excluding hydrogens is 429 g/mol. The fourth-order valence-electron chi connectivity index (χ4n) is 3.30. The lowest BCUT2D eigenvalue weighted by Crippen LogP contribution is -2.40. The zero-order chi connectivity index (χ0) is 19.2. The summed E-state index contributed by atoms with van der Waals surface area (Å²) in [6.45, 7) is 0.185. The Bertz CT molecular complexity index is 1110. The summed E-state index contributed by atoms with van der Waals surface area (Å²) in [5, 5.41) is 1.43. The van der Waals surface area contributed by atoms with Gasteiger partial charge < -0.3 is 9.32 Å². The van der Waals surface area contributed by atoms with Gasteiger partial charge in [-0.15, -0.1) is 11.3 Å². The Balaban J connectivity index is 1.74. The molecule has 1 saturated heterocycles. The van der Waals surface area contributed by atoms with Crippen LogP contribution in [-0.2, 0) is 16.4 Å². The van der Waals surface area contributed by atoms with E-state index in [4.69, 9.17) is 27.6 Å². The minimum atomic E-state index is -3.15. The van der Waals surface area contributed by atoms with Crippen LogP contribution in [0.25, 0.3) is 10.1 Å². The highest BCUT2D eigenvalue weighted by Gasteiger charge is 2.36. The third-order valence-corrected chi connectivity index (χ3v) is 8.32. The Morgan fingerprint density at radius 2 is 2.07 bits per heavy atom. The van der Waals surface area contributed by atoms with Gasteiger partial charge in [-0.25, -0.2) is 8.42 Å². The summed E-state index contributed by atoms with van der Waals surface area (Å²) < 4.78 is 30.1.